The molecule has 5 heteroatoms. The molecule has 0 spiro atoms. The Labute approximate surface area is 159 Å². The van der Waals surface area contributed by atoms with E-state index in [0.717, 1.165) is 28.0 Å². The number of benzene rings is 2. The molecule has 1 amide bonds. The summed E-state index contributed by atoms with van der Waals surface area (Å²) in [4.78, 5) is 13.3. The third-order valence-electron chi connectivity index (χ3n) is 3.98. The van der Waals surface area contributed by atoms with Crippen LogP contribution in [-0.4, -0.2) is 17.7 Å². The number of carbonyl (C=O) groups excluding carboxylic acids is 1. The van der Waals surface area contributed by atoms with E-state index >= 15 is 0 Å². The van der Waals surface area contributed by atoms with Crippen LogP contribution in [0.5, 0.6) is 0 Å². The normalized spacial score (nSPS) is 11.8. The first-order valence-corrected chi connectivity index (χ1v) is 9.62. The summed E-state index contributed by atoms with van der Waals surface area (Å²) >= 11 is 1.55. The highest BCUT2D eigenvalue weighted by Crippen LogP contribution is 2.30. The van der Waals surface area contributed by atoms with Crippen molar-refractivity contribution < 1.29 is 4.79 Å². The summed E-state index contributed by atoms with van der Waals surface area (Å²) in [5, 5.41) is 11.1. The molecule has 26 heavy (non-hydrogen) atoms. The standard InChI is InChI=1S/C21H25N3OS/c1-15(2)13-20(21(25)24-12-11-22)26-19-9-7-18(8-10-19)17-5-3-16(14-23)4-6-17/h3-10,15,20H,12-14,23H2,1-2H3,(H,24,25)/t20-/m1/s1. The van der Waals surface area contributed by atoms with Crippen LogP contribution in [0.4, 0.5) is 0 Å². The Kier molecular flexibility index (Phi) is 7.71. The van der Waals surface area contributed by atoms with Crippen LogP contribution in [0.1, 0.15) is 25.8 Å². The molecule has 0 aliphatic heterocycles. The van der Waals surface area contributed by atoms with E-state index in [1.807, 2.05) is 30.3 Å². The molecular formula is C21H25N3OS. The summed E-state index contributed by atoms with van der Waals surface area (Å²) in [7, 11) is 0. The van der Waals surface area contributed by atoms with Gasteiger partial charge in [0.05, 0.1) is 11.3 Å². The van der Waals surface area contributed by atoms with E-state index in [1.54, 1.807) is 11.8 Å². The van der Waals surface area contributed by atoms with E-state index in [-0.39, 0.29) is 17.7 Å². The van der Waals surface area contributed by atoms with Gasteiger partial charge in [0.25, 0.3) is 0 Å². The predicted octanol–water partition coefficient (Wildman–Crippen LogP) is 3.96. The Morgan fingerprint density at radius 1 is 1.12 bits per heavy atom. The molecule has 0 saturated carbocycles. The number of hydrogen-bond donors (Lipinski definition) is 2. The Morgan fingerprint density at radius 3 is 2.19 bits per heavy atom. The van der Waals surface area contributed by atoms with E-state index < -0.39 is 0 Å². The highest BCUT2D eigenvalue weighted by molar-refractivity contribution is 8.00. The number of carbonyl (C=O) groups is 1. The van der Waals surface area contributed by atoms with Crippen molar-refractivity contribution in [1.82, 2.24) is 5.32 Å². The molecule has 0 aromatic heterocycles. The molecule has 0 saturated heterocycles. The van der Waals surface area contributed by atoms with Crippen LogP contribution in [-0.2, 0) is 11.3 Å². The maximum atomic E-state index is 12.3. The zero-order chi connectivity index (χ0) is 18.9. The molecule has 0 aliphatic rings. The van der Waals surface area contributed by atoms with Crippen LogP contribution in [0.3, 0.4) is 0 Å². The van der Waals surface area contributed by atoms with Gasteiger partial charge in [0.1, 0.15) is 6.54 Å². The van der Waals surface area contributed by atoms with Gasteiger partial charge in [-0.25, -0.2) is 0 Å². The number of rotatable bonds is 8. The molecule has 2 rings (SSSR count). The zero-order valence-corrected chi connectivity index (χ0v) is 16.1. The van der Waals surface area contributed by atoms with Crippen molar-refractivity contribution in [3.05, 3.63) is 54.1 Å². The fourth-order valence-electron chi connectivity index (χ4n) is 2.60. The molecule has 0 aliphatic carbocycles. The Bertz CT molecular complexity index is 748. The number of thioether (sulfide) groups is 1. The van der Waals surface area contributed by atoms with E-state index in [1.165, 1.54) is 0 Å². The molecule has 3 N–H and O–H groups in total. The van der Waals surface area contributed by atoms with E-state index in [4.69, 9.17) is 11.0 Å². The summed E-state index contributed by atoms with van der Waals surface area (Å²) in [6, 6.07) is 18.4. The van der Waals surface area contributed by atoms with Crippen LogP contribution in [0.2, 0.25) is 0 Å². The first-order chi connectivity index (χ1) is 12.5. The Hall–Kier alpha value is -2.29. The third-order valence-corrected chi connectivity index (χ3v) is 5.21. The fourth-order valence-corrected chi connectivity index (χ4v) is 3.89. The van der Waals surface area contributed by atoms with Crippen molar-refractivity contribution in [2.45, 2.75) is 37.0 Å². The van der Waals surface area contributed by atoms with Crippen LogP contribution in [0.15, 0.2) is 53.4 Å². The average molecular weight is 368 g/mol. The molecule has 0 bridgehead atoms. The molecular weight excluding hydrogens is 342 g/mol. The lowest BCUT2D eigenvalue weighted by Crippen LogP contribution is -2.33. The van der Waals surface area contributed by atoms with Crippen molar-refractivity contribution in [3.8, 4) is 17.2 Å². The lowest BCUT2D eigenvalue weighted by molar-refractivity contribution is -0.120. The van der Waals surface area contributed by atoms with Gasteiger partial charge in [0.15, 0.2) is 0 Å². The number of nitriles is 1. The SMILES string of the molecule is CC(C)C[C@@H](Sc1ccc(-c2ccc(CN)cc2)cc1)C(=O)NCC#N. The number of nitrogens with zero attached hydrogens (tertiary/aromatic N) is 1. The predicted molar refractivity (Wildman–Crippen MR) is 107 cm³/mol. The second-order valence-corrected chi connectivity index (χ2v) is 7.81. The highest BCUT2D eigenvalue weighted by Gasteiger charge is 2.20. The number of nitrogens with one attached hydrogen (secondary N) is 1. The van der Waals surface area contributed by atoms with Crippen molar-refractivity contribution in [1.29, 1.82) is 5.26 Å². The maximum Gasteiger partial charge on any atom is 0.234 e. The van der Waals surface area contributed by atoms with Gasteiger partial charge >= 0.3 is 0 Å². The Balaban J connectivity index is 2.09. The molecule has 0 unspecified atom stereocenters. The molecule has 0 radical (unpaired) electrons. The number of amides is 1. The minimum atomic E-state index is -0.196. The van der Waals surface area contributed by atoms with Gasteiger partial charge in [0, 0.05) is 11.4 Å². The Morgan fingerprint density at radius 2 is 1.69 bits per heavy atom. The average Bonchev–Trinajstić information content (AvgIpc) is 2.66. The summed E-state index contributed by atoms with van der Waals surface area (Å²) in [6.45, 7) is 4.78. The number of nitrogens with two attached hydrogens (primary N) is 1. The van der Waals surface area contributed by atoms with E-state index in [0.29, 0.717) is 12.5 Å². The largest absolute Gasteiger partial charge is 0.342 e. The molecule has 136 valence electrons. The van der Waals surface area contributed by atoms with E-state index in [2.05, 4.69) is 43.4 Å². The molecule has 2 aromatic rings. The van der Waals surface area contributed by atoms with Crippen LogP contribution < -0.4 is 11.1 Å². The minimum Gasteiger partial charge on any atom is -0.342 e. The van der Waals surface area contributed by atoms with Crippen molar-refractivity contribution in [3.63, 3.8) is 0 Å². The van der Waals surface area contributed by atoms with Crippen LogP contribution in [0, 0.1) is 17.2 Å². The first kappa shape index (κ1) is 20.0. The van der Waals surface area contributed by atoms with Gasteiger partial charge in [-0.2, -0.15) is 5.26 Å². The van der Waals surface area contributed by atoms with Gasteiger partial charge in [-0.3, -0.25) is 4.79 Å². The summed E-state index contributed by atoms with van der Waals surface area (Å²) in [6.07, 6.45) is 0.768. The monoisotopic (exact) mass is 367 g/mol. The zero-order valence-electron chi connectivity index (χ0n) is 15.2. The second-order valence-electron chi connectivity index (χ2n) is 6.54. The van der Waals surface area contributed by atoms with Gasteiger partial charge in [-0.05, 0) is 41.2 Å². The first-order valence-electron chi connectivity index (χ1n) is 8.74. The topological polar surface area (TPSA) is 78.9 Å². The van der Waals surface area contributed by atoms with Gasteiger partial charge < -0.3 is 11.1 Å². The third kappa shape index (κ3) is 5.91. The maximum absolute atomic E-state index is 12.3. The van der Waals surface area contributed by atoms with Gasteiger partial charge in [-0.1, -0.05) is 50.2 Å². The lowest BCUT2D eigenvalue weighted by Gasteiger charge is -2.17. The van der Waals surface area contributed by atoms with Crippen LogP contribution >= 0.6 is 11.8 Å². The van der Waals surface area contributed by atoms with Crippen LogP contribution in [0.25, 0.3) is 11.1 Å². The highest BCUT2D eigenvalue weighted by atomic mass is 32.2. The van der Waals surface area contributed by atoms with E-state index in [9.17, 15) is 4.79 Å². The molecule has 1 atom stereocenters. The molecule has 2 aromatic carbocycles. The van der Waals surface area contributed by atoms with Crippen molar-refractivity contribution in [2.24, 2.45) is 11.7 Å². The summed E-state index contributed by atoms with van der Waals surface area (Å²) < 4.78 is 0. The molecule has 0 heterocycles. The van der Waals surface area contributed by atoms with Crippen molar-refractivity contribution >= 4 is 17.7 Å². The molecule has 4 nitrogen and oxygen atoms in total. The minimum absolute atomic E-state index is 0.0473. The summed E-state index contributed by atoms with van der Waals surface area (Å²) in [5.41, 5.74) is 9.03. The van der Waals surface area contributed by atoms with Crippen molar-refractivity contribution in [2.75, 3.05) is 6.54 Å². The van der Waals surface area contributed by atoms with Gasteiger partial charge in [-0.15, -0.1) is 11.8 Å². The second kappa shape index (κ2) is 10.0. The molecule has 0 fully saturated rings. The smallest absolute Gasteiger partial charge is 0.234 e. The fraction of sp³-hybridized carbons (Fsp3) is 0.333. The summed E-state index contributed by atoms with van der Waals surface area (Å²) in [5.74, 6) is 0.326. The van der Waals surface area contributed by atoms with Gasteiger partial charge in [0.2, 0.25) is 5.91 Å². The quantitative estimate of drug-likeness (QED) is 0.547. The lowest BCUT2D eigenvalue weighted by atomic mass is 10.0. The number of hydrogen-bond acceptors (Lipinski definition) is 4.